The molecule has 1 aromatic heterocycles. The summed E-state index contributed by atoms with van der Waals surface area (Å²) >= 11 is 0. The molecule has 0 saturated heterocycles. The maximum atomic E-state index is 5.94. The normalized spacial score (nSPS) is 18.8. The second-order valence-electron chi connectivity index (χ2n) is 4.71. The predicted molar refractivity (Wildman–Crippen MR) is 71.7 cm³/mol. The van der Waals surface area contributed by atoms with Crippen LogP contribution in [0, 0.1) is 0 Å². The third-order valence-electron chi connectivity index (χ3n) is 3.59. The van der Waals surface area contributed by atoms with E-state index in [1.165, 1.54) is 16.7 Å². The van der Waals surface area contributed by atoms with E-state index in [-0.39, 0.29) is 0 Å². The summed E-state index contributed by atoms with van der Waals surface area (Å²) in [5.41, 5.74) is 10.0. The molecule has 1 aromatic carbocycles. The molecule has 0 spiro atoms. The lowest BCUT2D eigenvalue weighted by atomic mass is 10.1. The maximum Gasteiger partial charge on any atom is 0.0480 e. The monoisotopic (exact) mass is 239 g/mol. The zero-order valence-electron chi connectivity index (χ0n) is 10.3. The molecule has 2 aromatic rings. The number of benzene rings is 1. The van der Waals surface area contributed by atoms with Gasteiger partial charge in [-0.1, -0.05) is 24.3 Å². The van der Waals surface area contributed by atoms with Gasteiger partial charge in [0, 0.05) is 38.1 Å². The molecule has 1 aliphatic heterocycles. The van der Waals surface area contributed by atoms with Gasteiger partial charge in [-0.05, 0) is 28.8 Å². The Morgan fingerprint density at radius 3 is 2.72 bits per heavy atom. The van der Waals surface area contributed by atoms with Gasteiger partial charge >= 0.3 is 0 Å². The molecule has 0 radical (unpaired) electrons. The summed E-state index contributed by atoms with van der Waals surface area (Å²) in [6, 6.07) is 13.1. The number of hydrogen-bond donors (Lipinski definition) is 1. The van der Waals surface area contributed by atoms with E-state index in [0.717, 1.165) is 13.1 Å². The summed E-state index contributed by atoms with van der Waals surface area (Å²) in [5.74, 6) is 0. The van der Waals surface area contributed by atoms with E-state index >= 15 is 0 Å². The van der Waals surface area contributed by atoms with Crippen molar-refractivity contribution in [1.29, 1.82) is 0 Å². The first kappa shape index (κ1) is 11.4. The van der Waals surface area contributed by atoms with Gasteiger partial charge in [0.2, 0.25) is 0 Å². The zero-order valence-corrected chi connectivity index (χ0v) is 10.3. The van der Waals surface area contributed by atoms with Crippen LogP contribution < -0.4 is 5.73 Å². The Morgan fingerprint density at radius 2 is 1.94 bits per heavy atom. The minimum absolute atomic E-state index is 0.342. The number of nitrogens with zero attached hydrogens (tertiary/aromatic N) is 2. The molecule has 3 nitrogen and oxygen atoms in total. The van der Waals surface area contributed by atoms with Gasteiger partial charge in [-0.3, -0.25) is 9.88 Å². The van der Waals surface area contributed by atoms with Gasteiger partial charge in [-0.2, -0.15) is 0 Å². The second-order valence-corrected chi connectivity index (χ2v) is 4.71. The predicted octanol–water partition coefficient (Wildman–Crippen LogP) is 2.10. The van der Waals surface area contributed by atoms with Crippen molar-refractivity contribution in [1.82, 2.24) is 9.88 Å². The number of rotatable bonds is 3. The number of nitrogens with two attached hydrogens (primary N) is 1. The topological polar surface area (TPSA) is 42.1 Å². The molecule has 0 amide bonds. The van der Waals surface area contributed by atoms with Gasteiger partial charge in [-0.25, -0.2) is 0 Å². The molecule has 0 saturated carbocycles. The maximum absolute atomic E-state index is 5.94. The Kier molecular flexibility index (Phi) is 3.09. The Labute approximate surface area is 107 Å². The largest absolute Gasteiger partial charge is 0.329 e. The minimum Gasteiger partial charge on any atom is -0.329 e. The fourth-order valence-electron chi connectivity index (χ4n) is 2.69. The molecule has 3 rings (SSSR count). The molecule has 0 fully saturated rings. The van der Waals surface area contributed by atoms with Crippen LogP contribution in [-0.4, -0.2) is 16.4 Å². The smallest absolute Gasteiger partial charge is 0.0480 e. The fraction of sp³-hybridized carbons (Fsp3) is 0.267. The van der Waals surface area contributed by atoms with Crippen LogP contribution in [0.5, 0.6) is 0 Å². The standard InChI is InChI=1S/C15H17N3/c16-9-15-14-4-2-1-3-13(14)11-18(15)10-12-5-7-17-8-6-12/h1-8,15H,9-11,16H2. The summed E-state index contributed by atoms with van der Waals surface area (Å²) in [6.07, 6.45) is 3.69. The molecule has 2 N–H and O–H groups in total. The van der Waals surface area contributed by atoms with E-state index in [4.69, 9.17) is 5.73 Å². The molecule has 0 aliphatic carbocycles. The number of hydrogen-bond acceptors (Lipinski definition) is 3. The molecule has 1 atom stereocenters. The van der Waals surface area contributed by atoms with Gasteiger partial charge < -0.3 is 5.73 Å². The van der Waals surface area contributed by atoms with Crippen LogP contribution in [0.1, 0.15) is 22.7 Å². The molecule has 92 valence electrons. The Morgan fingerprint density at radius 1 is 1.17 bits per heavy atom. The molecular formula is C15H17N3. The highest BCUT2D eigenvalue weighted by atomic mass is 15.2. The molecule has 0 bridgehead atoms. The number of fused-ring (bicyclic) bond motifs is 1. The van der Waals surface area contributed by atoms with Crippen LogP contribution in [0.15, 0.2) is 48.8 Å². The Bertz CT molecular complexity index is 524. The van der Waals surface area contributed by atoms with Crippen molar-refractivity contribution >= 4 is 0 Å². The lowest BCUT2D eigenvalue weighted by Crippen LogP contribution is -2.27. The van der Waals surface area contributed by atoms with Gasteiger partial charge in [0.05, 0.1) is 0 Å². The van der Waals surface area contributed by atoms with Gasteiger partial charge in [0.25, 0.3) is 0 Å². The van der Waals surface area contributed by atoms with Crippen molar-refractivity contribution in [2.45, 2.75) is 19.1 Å². The summed E-state index contributed by atoms with van der Waals surface area (Å²) in [4.78, 5) is 6.49. The first-order valence-electron chi connectivity index (χ1n) is 6.29. The van der Waals surface area contributed by atoms with Gasteiger partial charge in [0.1, 0.15) is 0 Å². The lowest BCUT2D eigenvalue weighted by molar-refractivity contribution is 0.211. The molecule has 2 heterocycles. The average Bonchev–Trinajstić information content (AvgIpc) is 2.77. The van der Waals surface area contributed by atoms with E-state index in [2.05, 4.69) is 46.3 Å². The number of pyridine rings is 1. The molecule has 1 unspecified atom stereocenters. The highest BCUT2D eigenvalue weighted by Gasteiger charge is 2.28. The first-order valence-corrected chi connectivity index (χ1v) is 6.29. The second kappa shape index (κ2) is 4.88. The van der Waals surface area contributed by atoms with Crippen LogP contribution in [0.3, 0.4) is 0 Å². The molecule has 18 heavy (non-hydrogen) atoms. The third-order valence-corrected chi connectivity index (χ3v) is 3.59. The summed E-state index contributed by atoms with van der Waals surface area (Å²) in [5, 5.41) is 0. The molecule has 3 heteroatoms. The summed E-state index contributed by atoms with van der Waals surface area (Å²) < 4.78 is 0. The van der Waals surface area contributed by atoms with Crippen LogP contribution in [-0.2, 0) is 13.1 Å². The summed E-state index contributed by atoms with van der Waals surface area (Å²) in [7, 11) is 0. The van der Waals surface area contributed by atoms with Crippen molar-refractivity contribution in [3.63, 3.8) is 0 Å². The highest BCUT2D eigenvalue weighted by molar-refractivity contribution is 5.34. The van der Waals surface area contributed by atoms with Crippen molar-refractivity contribution in [3.8, 4) is 0 Å². The number of aromatic nitrogens is 1. The fourth-order valence-corrected chi connectivity index (χ4v) is 2.69. The SMILES string of the molecule is NCC1c2ccccc2CN1Cc1ccncc1. The Hall–Kier alpha value is -1.71. The highest BCUT2D eigenvalue weighted by Crippen LogP contribution is 2.33. The van der Waals surface area contributed by atoms with Crippen LogP contribution in [0.2, 0.25) is 0 Å². The van der Waals surface area contributed by atoms with E-state index in [9.17, 15) is 0 Å². The Balaban J connectivity index is 1.83. The van der Waals surface area contributed by atoms with E-state index in [1.54, 1.807) is 0 Å². The van der Waals surface area contributed by atoms with Crippen LogP contribution >= 0.6 is 0 Å². The molecular weight excluding hydrogens is 222 g/mol. The lowest BCUT2D eigenvalue weighted by Gasteiger charge is -2.23. The third kappa shape index (κ3) is 2.03. The first-order chi connectivity index (χ1) is 8.88. The van der Waals surface area contributed by atoms with Crippen molar-refractivity contribution in [2.24, 2.45) is 5.73 Å². The summed E-state index contributed by atoms with van der Waals surface area (Å²) in [6.45, 7) is 2.58. The minimum atomic E-state index is 0.342. The van der Waals surface area contributed by atoms with E-state index in [1.807, 2.05) is 12.4 Å². The van der Waals surface area contributed by atoms with Crippen molar-refractivity contribution in [3.05, 3.63) is 65.5 Å². The zero-order chi connectivity index (χ0) is 12.4. The van der Waals surface area contributed by atoms with Crippen molar-refractivity contribution < 1.29 is 0 Å². The average molecular weight is 239 g/mol. The van der Waals surface area contributed by atoms with Gasteiger partial charge in [-0.15, -0.1) is 0 Å². The molecule has 1 aliphatic rings. The van der Waals surface area contributed by atoms with E-state index in [0.29, 0.717) is 12.6 Å². The van der Waals surface area contributed by atoms with Crippen molar-refractivity contribution in [2.75, 3.05) is 6.54 Å². The van der Waals surface area contributed by atoms with Crippen LogP contribution in [0.4, 0.5) is 0 Å². The van der Waals surface area contributed by atoms with Crippen LogP contribution in [0.25, 0.3) is 0 Å². The van der Waals surface area contributed by atoms with E-state index < -0.39 is 0 Å². The van der Waals surface area contributed by atoms with Gasteiger partial charge in [0.15, 0.2) is 0 Å². The quantitative estimate of drug-likeness (QED) is 0.892.